The van der Waals surface area contributed by atoms with Crippen LogP contribution >= 0.6 is 0 Å². The Balaban J connectivity index is 1.61. The second-order valence-electron chi connectivity index (χ2n) is 6.06. The van der Waals surface area contributed by atoms with E-state index in [9.17, 15) is 13.2 Å². The van der Waals surface area contributed by atoms with Crippen LogP contribution in [0.25, 0.3) is 0 Å². The van der Waals surface area contributed by atoms with E-state index >= 15 is 0 Å². The summed E-state index contributed by atoms with van der Waals surface area (Å²) >= 11 is 0. The van der Waals surface area contributed by atoms with Crippen molar-refractivity contribution in [1.29, 1.82) is 0 Å². The molecule has 2 aliphatic heterocycles. The number of hydrogen-bond donors (Lipinski definition) is 1. The summed E-state index contributed by atoms with van der Waals surface area (Å²) in [4.78, 5) is 12.4. The summed E-state index contributed by atoms with van der Waals surface area (Å²) in [7, 11) is -3.23. The zero-order valence-corrected chi connectivity index (χ0v) is 14.0. The molecule has 1 aromatic rings. The van der Waals surface area contributed by atoms with E-state index in [0.717, 1.165) is 5.56 Å². The maximum absolute atomic E-state index is 12.4. The van der Waals surface area contributed by atoms with Gasteiger partial charge >= 0.3 is 0 Å². The Morgan fingerprint density at radius 2 is 2.04 bits per heavy atom. The predicted octanol–water partition coefficient (Wildman–Crippen LogP) is 0.742. The summed E-state index contributed by atoms with van der Waals surface area (Å²) in [6, 6.07) is 9.71. The van der Waals surface area contributed by atoms with Crippen LogP contribution in [0.4, 0.5) is 0 Å². The molecule has 0 aromatic heterocycles. The molecule has 2 saturated heterocycles. The van der Waals surface area contributed by atoms with Crippen molar-refractivity contribution in [3.63, 3.8) is 0 Å². The van der Waals surface area contributed by atoms with Crippen LogP contribution in [0.3, 0.4) is 0 Å². The topological polar surface area (TPSA) is 75.7 Å². The second-order valence-corrected chi connectivity index (χ2v) is 8.32. The number of rotatable bonds is 5. The van der Waals surface area contributed by atoms with Gasteiger partial charge in [0, 0.05) is 19.6 Å². The molecule has 1 aromatic carbocycles. The lowest BCUT2D eigenvalue weighted by Gasteiger charge is -2.31. The quantitative estimate of drug-likeness (QED) is 0.859. The van der Waals surface area contributed by atoms with E-state index in [1.165, 1.54) is 4.31 Å². The molecule has 7 heteroatoms. The number of benzene rings is 1. The van der Waals surface area contributed by atoms with Crippen molar-refractivity contribution in [3.05, 3.63) is 35.9 Å². The second kappa shape index (κ2) is 6.59. The van der Waals surface area contributed by atoms with Crippen molar-refractivity contribution >= 4 is 15.9 Å². The van der Waals surface area contributed by atoms with Crippen LogP contribution in [0.2, 0.25) is 0 Å². The van der Waals surface area contributed by atoms with Crippen molar-refractivity contribution in [2.45, 2.75) is 32.1 Å². The Labute approximate surface area is 136 Å². The minimum atomic E-state index is -3.23. The average Bonchev–Trinajstić information content (AvgIpc) is 2.87. The predicted molar refractivity (Wildman–Crippen MR) is 86.1 cm³/mol. The van der Waals surface area contributed by atoms with Crippen LogP contribution in [0, 0.1) is 5.92 Å². The van der Waals surface area contributed by atoms with E-state index in [0.29, 0.717) is 19.5 Å². The summed E-state index contributed by atoms with van der Waals surface area (Å²) in [5.74, 6) is -0.255. The molecule has 1 amide bonds. The van der Waals surface area contributed by atoms with Gasteiger partial charge in [0.15, 0.2) is 0 Å². The third kappa shape index (κ3) is 3.57. The fourth-order valence-corrected chi connectivity index (χ4v) is 4.36. The van der Waals surface area contributed by atoms with E-state index < -0.39 is 10.0 Å². The Morgan fingerprint density at radius 1 is 1.30 bits per heavy atom. The smallest absolute Gasteiger partial charge is 0.226 e. The van der Waals surface area contributed by atoms with Crippen LogP contribution < -0.4 is 5.32 Å². The lowest BCUT2D eigenvalue weighted by atomic mass is 9.99. The van der Waals surface area contributed by atoms with Gasteiger partial charge in [-0.1, -0.05) is 30.3 Å². The minimum absolute atomic E-state index is 0.0582. The number of morpholine rings is 1. The van der Waals surface area contributed by atoms with Gasteiger partial charge in [-0.25, -0.2) is 8.42 Å². The fourth-order valence-electron chi connectivity index (χ4n) is 3.22. The normalized spacial score (nSPS) is 27.8. The third-order valence-corrected chi connectivity index (χ3v) is 6.34. The van der Waals surface area contributed by atoms with Crippen molar-refractivity contribution in [2.24, 2.45) is 5.92 Å². The highest BCUT2D eigenvalue weighted by molar-refractivity contribution is 7.89. The molecule has 0 radical (unpaired) electrons. The number of sulfonamides is 1. The van der Waals surface area contributed by atoms with Gasteiger partial charge in [0.05, 0.1) is 23.9 Å². The van der Waals surface area contributed by atoms with Gasteiger partial charge in [0.2, 0.25) is 15.9 Å². The summed E-state index contributed by atoms with van der Waals surface area (Å²) < 4.78 is 31.3. The first-order valence-corrected chi connectivity index (χ1v) is 9.55. The number of amides is 1. The summed E-state index contributed by atoms with van der Waals surface area (Å²) in [5, 5.41) is 2.93. The minimum Gasteiger partial charge on any atom is -0.371 e. The molecule has 6 nitrogen and oxygen atoms in total. The standard InChI is InChI=1S/C16H22N2O4S/c1-2-23(20,21)18-10-13-8-14(15(11-18)22-13)16(19)17-9-12-6-4-3-5-7-12/h3-7,13-15H,2,8-11H2,1H3,(H,17,19)/t13-,14+,15-/m0/s1. The molecule has 3 atom stereocenters. The molecule has 0 spiro atoms. The number of carbonyl (C=O) groups excluding carboxylic acids is 1. The van der Waals surface area contributed by atoms with Crippen LogP contribution in [0.15, 0.2) is 30.3 Å². The maximum atomic E-state index is 12.4. The van der Waals surface area contributed by atoms with Crippen LogP contribution in [0.1, 0.15) is 18.9 Å². The SMILES string of the molecule is CCS(=O)(=O)N1C[C@@H]2C[C@@H](C(=O)NCc3ccccc3)[C@H](C1)O2. The Bertz CT molecular complexity index is 662. The van der Waals surface area contributed by atoms with Gasteiger partial charge in [-0.3, -0.25) is 4.79 Å². The molecule has 2 aliphatic rings. The third-order valence-electron chi connectivity index (χ3n) is 4.53. The average molecular weight is 338 g/mol. The zero-order chi connectivity index (χ0) is 16.4. The maximum Gasteiger partial charge on any atom is 0.226 e. The summed E-state index contributed by atoms with van der Waals surface area (Å²) in [6.45, 7) is 2.74. The van der Waals surface area contributed by atoms with Gasteiger partial charge < -0.3 is 10.1 Å². The molecule has 0 saturated carbocycles. The molecule has 2 heterocycles. The number of hydrogen-bond acceptors (Lipinski definition) is 4. The van der Waals surface area contributed by atoms with Gasteiger partial charge in [0.1, 0.15) is 0 Å². The van der Waals surface area contributed by atoms with E-state index in [-0.39, 0.29) is 36.3 Å². The van der Waals surface area contributed by atoms with Gasteiger partial charge in [-0.15, -0.1) is 0 Å². The molecule has 126 valence electrons. The molecule has 23 heavy (non-hydrogen) atoms. The van der Waals surface area contributed by atoms with Gasteiger partial charge in [-0.2, -0.15) is 4.31 Å². The molecule has 1 N–H and O–H groups in total. The van der Waals surface area contributed by atoms with E-state index in [1.807, 2.05) is 30.3 Å². The van der Waals surface area contributed by atoms with Crippen LogP contribution in [-0.2, 0) is 26.1 Å². The van der Waals surface area contributed by atoms with Crippen molar-refractivity contribution in [3.8, 4) is 0 Å². The van der Waals surface area contributed by atoms with E-state index in [4.69, 9.17) is 4.74 Å². The largest absolute Gasteiger partial charge is 0.371 e. The van der Waals surface area contributed by atoms with Crippen LogP contribution in [-0.4, -0.2) is 49.7 Å². The molecule has 2 fully saturated rings. The fraction of sp³-hybridized carbons (Fsp3) is 0.562. The number of nitrogens with one attached hydrogen (secondary N) is 1. The highest BCUT2D eigenvalue weighted by Crippen LogP contribution is 2.33. The van der Waals surface area contributed by atoms with Crippen LogP contribution in [0.5, 0.6) is 0 Å². The first-order chi connectivity index (χ1) is 11.0. The molecule has 0 unspecified atom stereocenters. The molecule has 2 bridgehead atoms. The summed E-state index contributed by atoms with van der Waals surface area (Å²) in [6.07, 6.45) is 0.0643. The zero-order valence-electron chi connectivity index (χ0n) is 13.1. The van der Waals surface area contributed by atoms with E-state index in [2.05, 4.69) is 5.32 Å². The highest BCUT2D eigenvalue weighted by Gasteiger charge is 2.46. The first-order valence-electron chi connectivity index (χ1n) is 7.94. The number of fused-ring (bicyclic) bond motifs is 2. The lowest BCUT2D eigenvalue weighted by Crippen LogP contribution is -2.48. The Hall–Kier alpha value is -1.44. The lowest BCUT2D eigenvalue weighted by molar-refractivity contribution is -0.127. The van der Waals surface area contributed by atoms with Crippen molar-refractivity contribution < 1.29 is 17.9 Å². The van der Waals surface area contributed by atoms with Crippen molar-refractivity contribution in [1.82, 2.24) is 9.62 Å². The molecular weight excluding hydrogens is 316 g/mol. The Kier molecular flexibility index (Phi) is 4.70. The van der Waals surface area contributed by atoms with Gasteiger partial charge in [0.25, 0.3) is 0 Å². The number of ether oxygens (including phenoxy) is 1. The number of carbonyl (C=O) groups is 1. The van der Waals surface area contributed by atoms with Crippen molar-refractivity contribution in [2.75, 3.05) is 18.8 Å². The number of nitrogens with zero attached hydrogens (tertiary/aromatic N) is 1. The Morgan fingerprint density at radius 3 is 2.74 bits per heavy atom. The molecule has 0 aliphatic carbocycles. The summed E-state index contributed by atoms with van der Waals surface area (Å²) in [5.41, 5.74) is 1.04. The molecule has 3 rings (SSSR count). The highest BCUT2D eigenvalue weighted by atomic mass is 32.2. The monoisotopic (exact) mass is 338 g/mol. The van der Waals surface area contributed by atoms with E-state index in [1.54, 1.807) is 6.92 Å². The first kappa shape index (κ1) is 16.4. The van der Waals surface area contributed by atoms with Gasteiger partial charge in [-0.05, 0) is 18.9 Å². The molecular formula is C16H22N2O4S.